The molecule has 0 aromatic carbocycles. The Labute approximate surface area is 138 Å². The van der Waals surface area contributed by atoms with E-state index in [1.54, 1.807) is 6.92 Å². The van der Waals surface area contributed by atoms with Crippen LogP contribution in [0.4, 0.5) is 0 Å². The Kier molecular flexibility index (Phi) is 9.40. The highest BCUT2D eigenvalue weighted by Gasteiger charge is 2.35. The van der Waals surface area contributed by atoms with E-state index in [1.165, 1.54) is 13.2 Å². The van der Waals surface area contributed by atoms with E-state index in [1.807, 2.05) is 13.0 Å². The maximum absolute atomic E-state index is 10.9. The number of hydrogen-bond donors (Lipinski definition) is 2. The SMILES string of the molecule is COC(=O)/C=C/CCCCCC(C)O[C@@H]1O[C@@H](C)[C@H](O)C[C@H]1O. The predicted molar refractivity (Wildman–Crippen MR) is 85.8 cm³/mol. The lowest BCUT2D eigenvalue weighted by molar-refractivity contribution is -0.273. The molecule has 134 valence electrons. The Balaban J connectivity index is 2.11. The summed E-state index contributed by atoms with van der Waals surface area (Å²) in [5, 5.41) is 19.5. The van der Waals surface area contributed by atoms with Gasteiger partial charge in [0.15, 0.2) is 6.29 Å². The lowest BCUT2D eigenvalue weighted by Gasteiger charge is -2.36. The Morgan fingerprint density at radius 3 is 2.74 bits per heavy atom. The van der Waals surface area contributed by atoms with Gasteiger partial charge in [-0.2, -0.15) is 0 Å². The monoisotopic (exact) mass is 330 g/mol. The van der Waals surface area contributed by atoms with E-state index in [2.05, 4.69) is 4.74 Å². The molecule has 0 bridgehead atoms. The van der Waals surface area contributed by atoms with Crippen LogP contribution in [0.2, 0.25) is 0 Å². The standard InChI is InChI=1S/C17H30O6/c1-12(9-7-5-4-6-8-10-16(20)21-3)22-17-15(19)11-14(18)13(2)23-17/h8,10,12-15,17-19H,4-7,9,11H2,1-3H3/b10-8+/t12?,13-,14+,15+,17+/m0/s1. The number of methoxy groups -OCH3 is 1. The molecule has 1 saturated heterocycles. The highest BCUT2D eigenvalue weighted by atomic mass is 16.7. The molecule has 0 spiro atoms. The van der Waals surface area contributed by atoms with Crippen molar-refractivity contribution in [2.24, 2.45) is 0 Å². The molecular weight excluding hydrogens is 300 g/mol. The molecule has 1 rings (SSSR count). The van der Waals surface area contributed by atoms with Crippen LogP contribution < -0.4 is 0 Å². The van der Waals surface area contributed by atoms with Crippen LogP contribution in [0.1, 0.15) is 52.4 Å². The molecule has 0 aliphatic carbocycles. The second-order valence-electron chi connectivity index (χ2n) is 6.09. The minimum absolute atomic E-state index is 0.0114. The zero-order chi connectivity index (χ0) is 17.2. The summed E-state index contributed by atoms with van der Waals surface area (Å²) < 4.78 is 15.8. The van der Waals surface area contributed by atoms with Gasteiger partial charge in [0, 0.05) is 12.5 Å². The number of allylic oxidation sites excluding steroid dienone is 1. The van der Waals surface area contributed by atoms with E-state index in [9.17, 15) is 15.0 Å². The second kappa shape index (κ2) is 10.8. The Morgan fingerprint density at radius 2 is 2.04 bits per heavy atom. The summed E-state index contributed by atoms with van der Waals surface area (Å²) in [6.07, 6.45) is 5.92. The molecule has 1 unspecified atom stereocenters. The van der Waals surface area contributed by atoms with Crippen molar-refractivity contribution < 1.29 is 29.2 Å². The van der Waals surface area contributed by atoms with Crippen LogP contribution in [0.15, 0.2) is 12.2 Å². The third kappa shape index (κ3) is 7.92. The normalized spacial score (nSPS) is 29.6. The van der Waals surface area contributed by atoms with Crippen LogP contribution in [0.25, 0.3) is 0 Å². The first-order chi connectivity index (χ1) is 10.9. The molecule has 0 amide bonds. The minimum Gasteiger partial charge on any atom is -0.466 e. The van der Waals surface area contributed by atoms with Crippen molar-refractivity contribution in [3.05, 3.63) is 12.2 Å². The molecule has 0 aromatic heterocycles. The fraction of sp³-hybridized carbons (Fsp3) is 0.824. The molecule has 1 aliphatic rings. The highest BCUT2D eigenvalue weighted by Crippen LogP contribution is 2.23. The highest BCUT2D eigenvalue weighted by molar-refractivity contribution is 5.81. The van der Waals surface area contributed by atoms with E-state index in [-0.39, 0.29) is 24.6 Å². The number of aliphatic hydroxyl groups excluding tert-OH is 2. The predicted octanol–water partition coefficient (Wildman–Crippen LogP) is 1.93. The van der Waals surface area contributed by atoms with Crippen LogP contribution in [0.3, 0.4) is 0 Å². The van der Waals surface area contributed by atoms with Gasteiger partial charge in [0.2, 0.25) is 0 Å². The topological polar surface area (TPSA) is 85.2 Å². The fourth-order valence-electron chi connectivity index (χ4n) is 2.48. The van der Waals surface area contributed by atoms with Crippen LogP contribution in [0.5, 0.6) is 0 Å². The van der Waals surface area contributed by atoms with E-state index in [0.717, 1.165) is 32.1 Å². The van der Waals surface area contributed by atoms with Crippen molar-refractivity contribution in [1.82, 2.24) is 0 Å². The largest absolute Gasteiger partial charge is 0.466 e. The molecule has 0 radical (unpaired) electrons. The van der Waals surface area contributed by atoms with E-state index in [4.69, 9.17) is 9.47 Å². The van der Waals surface area contributed by atoms with Gasteiger partial charge in [-0.3, -0.25) is 0 Å². The van der Waals surface area contributed by atoms with Gasteiger partial charge in [-0.1, -0.05) is 18.9 Å². The zero-order valence-corrected chi connectivity index (χ0v) is 14.3. The van der Waals surface area contributed by atoms with Crippen LogP contribution >= 0.6 is 0 Å². The van der Waals surface area contributed by atoms with Gasteiger partial charge < -0.3 is 24.4 Å². The number of unbranched alkanes of at least 4 members (excludes halogenated alkanes) is 3. The molecular formula is C17H30O6. The zero-order valence-electron chi connectivity index (χ0n) is 14.3. The van der Waals surface area contributed by atoms with Gasteiger partial charge in [0.05, 0.1) is 25.4 Å². The summed E-state index contributed by atoms with van der Waals surface area (Å²) in [6.45, 7) is 3.74. The van der Waals surface area contributed by atoms with Gasteiger partial charge in [0.25, 0.3) is 0 Å². The van der Waals surface area contributed by atoms with Gasteiger partial charge in [0.1, 0.15) is 6.10 Å². The molecule has 1 heterocycles. The number of esters is 1. The number of ether oxygens (including phenoxy) is 3. The molecule has 6 nitrogen and oxygen atoms in total. The van der Waals surface area contributed by atoms with Crippen LogP contribution in [0, 0.1) is 0 Å². The second-order valence-corrected chi connectivity index (χ2v) is 6.09. The summed E-state index contributed by atoms with van der Waals surface area (Å²) in [6, 6.07) is 0. The van der Waals surface area contributed by atoms with E-state index in [0.29, 0.717) is 0 Å². The molecule has 6 heteroatoms. The quantitative estimate of drug-likeness (QED) is 0.382. The van der Waals surface area contributed by atoms with Crippen molar-refractivity contribution in [3.63, 3.8) is 0 Å². The maximum Gasteiger partial charge on any atom is 0.330 e. The number of rotatable bonds is 9. The molecule has 0 aromatic rings. The van der Waals surface area contributed by atoms with Crippen molar-refractivity contribution in [2.45, 2.75) is 83.1 Å². The number of carbonyl (C=O) groups is 1. The van der Waals surface area contributed by atoms with E-state index >= 15 is 0 Å². The number of aliphatic hydroxyl groups is 2. The molecule has 1 fully saturated rings. The first-order valence-electron chi connectivity index (χ1n) is 8.35. The van der Waals surface area contributed by atoms with Crippen molar-refractivity contribution in [2.75, 3.05) is 7.11 Å². The van der Waals surface area contributed by atoms with Gasteiger partial charge >= 0.3 is 5.97 Å². The Morgan fingerprint density at radius 1 is 1.30 bits per heavy atom. The number of carbonyl (C=O) groups excluding carboxylic acids is 1. The van der Waals surface area contributed by atoms with Crippen molar-refractivity contribution in [3.8, 4) is 0 Å². The van der Waals surface area contributed by atoms with Crippen molar-refractivity contribution in [1.29, 1.82) is 0 Å². The summed E-state index contributed by atoms with van der Waals surface area (Å²) in [5.74, 6) is -0.322. The first-order valence-corrected chi connectivity index (χ1v) is 8.35. The average Bonchev–Trinajstić information content (AvgIpc) is 2.51. The molecule has 1 aliphatic heterocycles. The lowest BCUT2D eigenvalue weighted by atomic mass is 10.0. The average molecular weight is 330 g/mol. The Bertz CT molecular complexity index is 370. The molecule has 23 heavy (non-hydrogen) atoms. The van der Waals surface area contributed by atoms with Gasteiger partial charge in [-0.05, 0) is 33.1 Å². The smallest absolute Gasteiger partial charge is 0.330 e. The maximum atomic E-state index is 10.9. The van der Waals surface area contributed by atoms with Crippen LogP contribution in [-0.4, -0.2) is 54.0 Å². The van der Waals surface area contributed by atoms with Crippen LogP contribution in [-0.2, 0) is 19.0 Å². The minimum atomic E-state index is -0.785. The summed E-state index contributed by atoms with van der Waals surface area (Å²) in [4.78, 5) is 10.9. The third-order valence-electron chi connectivity index (χ3n) is 3.99. The third-order valence-corrected chi connectivity index (χ3v) is 3.99. The molecule has 2 N–H and O–H groups in total. The summed E-state index contributed by atoms with van der Waals surface area (Å²) in [7, 11) is 1.36. The summed E-state index contributed by atoms with van der Waals surface area (Å²) in [5.41, 5.74) is 0. The Hall–Kier alpha value is -0.950. The van der Waals surface area contributed by atoms with Gasteiger partial charge in [-0.25, -0.2) is 4.79 Å². The summed E-state index contributed by atoms with van der Waals surface area (Å²) >= 11 is 0. The van der Waals surface area contributed by atoms with Crippen molar-refractivity contribution >= 4 is 5.97 Å². The lowest BCUT2D eigenvalue weighted by Crippen LogP contribution is -2.48. The van der Waals surface area contributed by atoms with Gasteiger partial charge in [-0.15, -0.1) is 0 Å². The van der Waals surface area contributed by atoms with E-state index < -0.39 is 18.5 Å². The number of hydrogen-bond acceptors (Lipinski definition) is 6. The molecule has 0 saturated carbocycles. The molecule has 5 atom stereocenters. The first kappa shape index (κ1) is 20.1. The fourth-order valence-corrected chi connectivity index (χ4v) is 2.48.